The summed E-state index contributed by atoms with van der Waals surface area (Å²) >= 11 is 0. The van der Waals surface area contributed by atoms with Gasteiger partial charge in [0.15, 0.2) is 0 Å². The summed E-state index contributed by atoms with van der Waals surface area (Å²) in [5.74, 6) is 0. The van der Waals surface area contributed by atoms with Crippen molar-refractivity contribution < 1.29 is 29.8 Å². The van der Waals surface area contributed by atoms with E-state index in [9.17, 15) is 10.5 Å². The summed E-state index contributed by atoms with van der Waals surface area (Å²) in [7, 11) is 1.76. The van der Waals surface area contributed by atoms with Gasteiger partial charge in [0.25, 0.3) is 0 Å². The highest BCUT2D eigenvalue weighted by Gasteiger charge is 2.24. The first-order valence-electron chi connectivity index (χ1n) is 13.2. The van der Waals surface area contributed by atoms with E-state index in [1.807, 2.05) is 76.2 Å². The van der Waals surface area contributed by atoms with Crippen molar-refractivity contribution in [2.45, 2.75) is 96.4 Å². The molecule has 6 nitrogen and oxygen atoms in total. The van der Waals surface area contributed by atoms with E-state index in [2.05, 4.69) is 9.78 Å². The minimum absolute atomic E-state index is 0.217. The van der Waals surface area contributed by atoms with E-state index in [0.717, 1.165) is 48.1 Å². The fraction of sp³-hybridized carbons (Fsp3) is 0.600. The number of hydrogen-bond donors (Lipinski definition) is 2. The molecule has 0 aliphatic rings. The summed E-state index contributed by atoms with van der Waals surface area (Å²) in [5.41, 5.74) is 2.27. The van der Waals surface area contributed by atoms with Gasteiger partial charge in [-0.25, -0.2) is 9.78 Å². The van der Waals surface area contributed by atoms with Crippen molar-refractivity contribution in [2.24, 2.45) is 0 Å². The van der Waals surface area contributed by atoms with E-state index in [-0.39, 0.29) is 6.10 Å². The molecule has 2 rings (SSSR count). The third kappa shape index (κ3) is 9.58. The van der Waals surface area contributed by atoms with Crippen molar-refractivity contribution in [3.63, 3.8) is 0 Å². The fourth-order valence-electron chi connectivity index (χ4n) is 4.22. The Balaban J connectivity index is 1.99. The lowest BCUT2D eigenvalue weighted by atomic mass is 9.92. The molecule has 2 aromatic rings. The molecule has 0 radical (unpaired) electrons. The van der Waals surface area contributed by atoms with Crippen molar-refractivity contribution in [1.29, 1.82) is 0 Å². The number of benzene rings is 2. The molecule has 6 heteroatoms. The summed E-state index contributed by atoms with van der Waals surface area (Å²) in [6.45, 7) is 8.82. The molecule has 0 aliphatic heterocycles. The summed E-state index contributed by atoms with van der Waals surface area (Å²) < 4.78 is 11.5. The van der Waals surface area contributed by atoms with Crippen LogP contribution in [-0.4, -0.2) is 30.8 Å². The van der Waals surface area contributed by atoms with Gasteiger partial charge >= 0.3 is 0 Å². The van der Waals surface area contributed by atoms with E-state index in [4.69, 9.17) is 9.47 Å². The second-order valence-corrected chi connectivity index (χ2v) is 10.5. The van der Waals surface area contributed by atoms with Gasteiger partial charge in [0.1, 0.15) is 17.3 Å². The molecule has 0 amide bonds. The van der Waals surface area contributed by atoms with Crippen LogP contribution in [0.4, 0.5) is 0 Å². The standard InChI is InChI=1S/C30H46O6/c1-29(2,35-31)26-18-14-24(15-19-26)28(25-16-20-27(21-17-25)30(3,4)36-32)34-23-13-11-9-7-6-8-10-12-22-33-5/h14-21,28,31-32H,6-13,22-23H2,1-5H3. The number of methoxy groups -OCH3 is 1. The second kappa shape index (κ2) is 15.5. The van der Waals surface area contributed by atoms with Crippen LogP contribution in [-0.2, 0) is 30.5 Å². The highest BCUT2D eigenvalue weighted by Crippen LogP contribution is 2.32. The van der Waals surface area contributed by atoms with Crippen molar-refractivity contribution in [2.75, 3.05) is 20.3 Å². The highest BCUT2D eigenvalue weighted by molar-refractivity contribution is 5.36. The third-order valence-electron chi connectivity index (χ3n) is 6.80. The van der Waals surface area contributed by atoms with Gasteiger partial charge < -0.3 is 9.47 Å². The molecule has 0 saturated heterocycles. The predicted octanol–water partition coefficient (Wildman–Crippen LogP) is 8.01. The van der Waals surface area contributed by atoms with Gasteiger partial charge in [-0.3, -0.25) is 10.5 Å². The smallest absolute Gasteiger partial charge is 0.123 e. The Morgan fingerprint density at radius 2 is 0.944 bits per heavy atom. The van der Waals surface area contributed by atoms with Crippen LogP contribution < -0.4 is 0 Å². The molecule has 0 bridgehead atoms. The van der Waals surface area contributed by atoms with Gasteiger partial charge in [-0.05, 0) is 62.8 Å². The molecular weight excluding hydrogens is 456 g/mol. The van der Waals surface area contributed by atoms with Crippen molar-refractivity contribution >= 4 is 0 Å². The Hall–Kier alpha value is -1.80. The molecule has 0 unspecified atom stereocenters. The molecule has 2 aromatic carbocycles. The monoisotopic (exact) mass is 502 g/mol. The maximum Gasteiger partial charge on any atom is 0.123 e. The highest BCUT2D eigenvalue weighted by atomic mass is 17.1. The fourth-order valence-corrected chi connectivity index (χ4v) is 4.22. The maximum absolute atomic E-state index is 9.23. The summed E-state index contributed by atoms with van der Waals surface area (Å²) in [6, 6.07) is 16.0. The van der Waals surface area contributed by atoms with Crippen LogP contribution in [0, 0.1) is 0 Å². The molecule has 2 N–H and O–H groups in total. The lowest BCUT2D eigenvalue weighted by molar-refractivity contribution is -0.318. The average Bonchev–Trinajstić information content (AvgIpc) is 2.89. The van der Waals surface area contributed by atoms with Crippen LogP contribution in [0.2, 0.25) is 0 Å². The number of ether oxygens (including phenoxy) is 2. The Morgan fingerprint density at radius 3 is 1.31 bits per heavy atom. The van der Waals surface area contributed by atoms with E-state index in [0.29, 0.717) is 6.61 Å². The third-order valence-corrected chi connectivity index (χ3v) is 6.80. The van der Waals surface area contributed by atoms with Crippen LogP contribution in [0.25, 0.3) is 0 Å². The van der Waals surface area contributed by atoms with Gasteiger partial charge in [0.2, 0.25) is 0 Å². The topological polar surface area (TPSA) is 77.4 Å². The Labute approximate surface area is 217 Å². The maximum atomic E-state index is 9.23. The van der Waals surface area contributed by atoms with Crippen molar-refractivity contribution in [3.8, 4) is 0 Å². The molecular formula is C30H46O6. The molecule has 0 saturated carbocycles. The van der Waals surface area contributed by atoms with Crippen molar-refractivity contribution in [1.82, 2.24) is 0 Å². The van der Waals surface area contributed by atoms with Crippen LogP contribution in [0.1, 0.15) is 107 Å². The van der Waals surface area contributed by atoms with E-state index in [1.54, 1.807) is 7.11 Å². The summed E-state index contributed by atoms with van der Waals surface area (Å²) in [6.07, 6.45) is 9.43. The van der Waals surface area contributed by atoms with Gasteiger partial charge in [-0.15, -0.1) is 0 Å². The minimum atomic E-state index is -0.782. The molecule has 0 spiro atoms. The van der Waals surface area contributed by atoms with E-state index >= 15 is 0 Å². The van der Waals surface area contributed by atoms with Crippen LogP contribution in [0.15, 0.2) is 48.5 Å². The Bertz CT molecular complexity index is 785. The predicted molar refractivity (Wildman–Crippen MR) is 143 cm³/mol. The lowest BCUT2D eigenvalue weighted by Crippen LogP contribution is -2.20. The lowest BCUT2D eigenvalue weighted by Gasteiger charge is -2.24. The molecule has 0 heterocycles. The van der Waals surface area contributed by atoms with Crippen molar-refractivity contribution in [3.05, 3.63) is 70.8 Å². The zero-order chi connectivity index (χ0) is 26.4. The SMILES string of the molecule is COCCCCCCCCCCOC(c1ccc(C(C)(C)OO)cc1)c1ccc(C(C)(C)OO)cc1. The molecule has 0 aliphatic carbocycles. The normalized spacial score (nSPS) is 12.4. The second-order valence-electron chi connectivity index (χ2n) is 10.5. The number of rotatable bonds is 18. The van der Waals surface area contributed by atoms with Gasteiger partial charge in [-0.2, -0.15) is 0 Å². The molecule has 0 atom stereocenters. The first-order valence-corrected chi connectivity index (χ1v) is 13.2. The zero-order valence-electron chi connectivity index (χ0n) is 22.8. The van der Waals surface area contributed by atoms with Gasteiger partial charge in [0, 0.05) is 20.3 Å². The Morgan fingerprint density at radius 1 is 0.583 bits per heavy atom. The zero-order valence-corrected chi connectivity index (χ0v) is 22.8. The van der Waals surface area contributed by atoms with Gasteiger partial charge in [-0.1, -0.05) is 87.1 Å². The average molecular weight is 503 g/mol. The first kappa shape index (κ1) is 30.4. The van der Waals surface area contributed by atoms with Crippen LogP contribution >= 0.6 is 0 Å². The number of unbranched alkanes of at least 4 members (excludes halogenated alkanes) is 7. The van der Waals surface area contributed by atoms with Crippen LogP contribution in [0.5, 0.6) is 0 Å². The summed E-state index contributed by atoms with van der Waals surface area (Å²) in [4.78, 5) is 9.28. The molecule has 202 valence electrons. The minimum Gasteiger partial charge on any atom is -0.385 e. The van der Waals surface area contributed by atoms with E-state index < -0.39 is 11.2 Å². The molecule has 0 aromatic heterocycles. The molecule has 36 heavy (non-hydrogen) atoms. The Kier molecular flexibility index (Phi) is 13.1. The van der Waals surface area contributed by atoms with E-state index in [1.165, 1.54) is 32.1 Å². The van der Waals surface area contributed by atoms with Gasteiger partial charge in [0.05, 0.1) is 0 Å². The number of hydrogen-bond acceptors (Lipinski definition) is 6. The first-order chi connectivity index (χ1) is 17.2. The molecule has 0 fully saturated rings. The summed E-state index contributed by atoms with van der Waals surface area (Å²) in [5, 5.41) is 18.5. The van der Waals surface area contributed by atoms with Crippen LogP contribution in [0.3, 0.4) is 0 Å². The quantitative estimate of drug-likeness (QED) is 0.122. The largest absolute Gasteiger partial charge is 0.385 e.